The van der Waals surface area contributed by atoms with Crippen molar-refractivity contribution >= 4 is 11.9 Å². The van der Waals surface area contributed by atoms with E-state index in [0.29, 0.717) is 5.69 Å². The van der Waals surface area contributed by atoms with E-state index in [2.05, 4.69) is 4.99 Å². The summed E-state index contributed by atoms with van der Waals surface area (Å²) in [6.07, 6.45) is 3.63. The summed E-state index contributed by atoms with van der Waals surface area (Å²) < 4.78 is 15.5. The fourth-order valence-electron chi connectivity index (χ4n) is 2.02. The molecule has 0 bridgehead atoms. The summed E-state index contributed by atoms with van der Waals surface area (Å²) >= 11 is 0. The van der Waals surface area contributed by atoms with Crippen LogP contribution in [-0.2, 0) is 0 Å². The van der Waals surface area contributed by atoms with Gasteiger partial charge in [0.1, 0.15) is 5.82 Å². The first-order valence-electron chi connectivity index (χ1n) is 6.36. The van der Waals surface area contributed by atoms with E-state index in [-0.39, 0.29) is 5.82 Å². The van der Waals surface area contributed by atoms with Crippen LogP contribution in [0, 0.1) is 5.82 Å². The van der Waals surface area contributed by atoms with Crippen LogP contribution >= 0.6 is 0 Å². The smallest absolute Gasteiger partial charge is 0.148 e. The maximum Gasteiger partial charge on any atom is 0.148 e. The Bertz CT molecular complexity index is 730. The summed E-state index contributed by atoms with van der Waals surface area (Å²) in [5.74, 6) is -0.318. The lowest BCUT2D eigenvalue weighted by molar-refractivity contribution is 0.630. The summed E-state index contributed by atoms with van der Waals surface area (Å²) in [7, 11) is 0. The van der Waals surface area contributed by atoms with Crippen molar-refractivity contribution in [2.24, 2.45) is 4.99 Å². The van der Waals surface area contributed by atoms with Crippen molar-refractivity contribution in [2.75, 3.05) is 0 Å². The number of halogens is 1. The molecule has 2 nitrogen and oxygen atoms in total. The molecular weight excluding hydrogens is 251 g/mol. The molecule has 0 unspecified atom stereocenters. The monoisotopic (exact) mass is 264 g/mol. The molecule has 0 aliphatic heterocycles. The topological polar surface area (TPSA) is 17.3 Å². The quantitative estimate of drug-likeness (QED) is 0.625. The molecule has 0 fully saturated rings. The van der Waals surface area contributed by atoms with Gasteiger partial charge in [-0.2, -0.15) is 0 Å². The lowest BCUT2D eigenvalue weighted by Gasteiger charge is -2.05. The van der Waals surface area contributed by atoms with Crippen LogP contribution in [0.5, 0.6) is 0 Å². The van der Waals surface area contributed by atoms with Gasteiger partial charge in [0.15, 0.2) is 0 Å². The van der Waals surface area contributed by atoms with Crippen LogP contribution in [0.4, 0.5) is 10.1 Å². The van der Waals surface area contributed by atoms with Crippen molar-refractivity contribution in [3.8, 4) is 5.69 Å². The van der Waals surface area contributed by atoms with E-state index in [1.165, 1.54) is 6.07 Å². The highest BCUT2D eigenvalue weighted by Crippen LogP contribution is 2.17. The molecule has 20 heavy (non-hydrogen) atoms. The number of para-hydroxylation sites is 2. The van der Waals surface area contributed by atoms with Gasteiger partial charge in [0, 0.05) is 11.9 Å². The van der Waals surface area contributed by atoms with E-state index in [9.17, 15) is 4.39 Å². The van der Waals surface area contributed by atoms with Gasteiger partial charge in [-0.1, -0.05) is 30.3 Å². The number of hydrogen-bond donors (Lipinski definition) is 0. The second kappa shape index (κ2) is 5.53. The number of benzene rings is 2. The van der Waals surface area contributed by atoms with Crippen molar-refractivity contribution in [2.45, 2.75) is 0 Å². The predicted molar refractivity (Wildman–Crippen MR) is 79.4 cm³/mol. The first-order chi connectivity index (χ1) is 9.84. The van der Waals surface area contributed by atoms with Crippen molar-refractivity contribution in [1.82, 2.24) is 4.57 Å². The molecular formula is C17H13FN2. The molecule has 0 radical (unpaired) electrons. The molecule has 2 aromatic carbocycles. The fraction of sp³-hybridized carbons (Fsp3) is 0. The molecule has 0 aliphatic carbocycles. The highest BCUT2D eigenvalue weighted by Gasteiger charge is 2.01. The van der Waals surface area contributed by atoms with Crippen LogP contribution in [-0.4, -0.2) is 10.8 Å². The summed E-state index contributed by atoms with van der Waals surface area (Å²) in [4.78, 5) is 4.21. The Kier molecular flexibility index (Phi) is 3.42. The average molecular weight is 264 g/mol. The average Bonchev–Trinajstić information content (AvgIpc) is 2.96. The van der Waals surface area contributed by atoms with Gasteiger partial charge in [0.2, 0.25) is 0 Å². The van der Waals surface area contributed by atoms with Crippen LogP contribution in [0.25, 0.3) is 5.69 Å². The third-order valence-corrected chi connectivity index (χ3v) is 3.00. The first kappa shape index (κ1) is 12.4. The zero-order valence-corrected chi connectivity index (χ0v) is 10.8. The number of aromatic nitrogens is 1. The van der Waals surface area contributed by atoms with E-state index in [0.717, 1.165) is 11.4 Å². The number of hydrogen-bond acceptors (Lipinski definition) is 1. The molecule has 0 amide bonds. The third-order valence-electron chi connectivity index (χ3n) is 3.00. The molecule has 0 atom stereocenters. The maximum absolute atomic E-state index is 13.5. The Labute approximate surface area is 116 Å². The summed E-state index contributed by atoms with van der Waals surface area (Å²) in [5, 5.41) is 0. The summed E-state index contributed by atoms with van der Waals surface area (Å²) in [5.41, 5.74) is 2.29. The van der Waals surface area contributed by atoms with Gasteiger partial charge >= 0.3 is 0 Å². The zero-order valence-electron chi connectivity index (χ0n) is 10.8. The Balaban J connectivity index is 1.94. The van der Waals surface area contributed by atoms with Gasteiger partial charge in [0.05, 0.1) is 17.6 Å². The van der Waals surface area contributed by atoms with Gasteiger partial charge < -0.3 is 4.57 Å². The SMILES string of the molecule is Fc1ccccc1N=Cc1cccn1-c1ccccc1. The second-order valence-corrected chi connectivity index (χ2v) is 4.35. The molecule has 0 aliphatic rings. The molecule has 0 spiro atoms. The standard InChI is InChI=1S/C17H13FN2/c18-16-10-4-5-11-17(16)19-13-15-9-6-12-20(15)14-7-2-1-3-8-14/h1-13H. The van der Waals surface area contributed by atoms with Crippen LogP contribution in [0.1, 0.15) is 5.69 Å². The van der Waals surface area contributed by atoms with Crippen molar-refractivity contribution in [3.05, 3.63) is 84.4 Å². The molecule has 1 aromatic heterocycles. The summed E-state index contributed by atoms with van der Waals surface area (Å²) in [6, 6.07) is 20.3. The molecule has 3 rings (SSSR count). The Morgan fingerprint density at radius 2 is 1.60 bits per heavy atom. The Morgan fingerprint density at radius 3 is 2.40 bits per heavy atom. The number of nitrogens with zero attached hydrogens (tertiary/aromatic N) is 2. The van der Waals surface area contributed by atoms with Gasteiger partial charge in [-0.3, -0.25) is 4.99 Å². The second-order valence-electron chi connectivity index (χ2n) is 4.35. The van der Waals surface area contributed by atoms with Gasteiger partial charge in [-0.05, 0) is 36.4 Å². The minimum Gasteiger partial charge on any atom is -0.316 e. The molecule has 0 N–H and O–H groups in total. The minimum atomic E-state index is -0.318. The van der Waals surface area contributed by atoms with Crippen molar-refractivity contribution in [1.29, 1.82) is 0 Å². The Morgan fingerprint density at radius 1 is 0.850 bits per heavy atom. The lowest BCUT2D eigenvalue weighted by atomic mass is 10.3. The minimum absolute atomic E-state index is 0.318. The fourth-order valence-corrected chi connectivity index (χ4v) is 2.02. The van der Waals surface area contributed by atoms with Gasteiger partial charge in [-0.15, -0.1) is 0 Å². The van der Waals surface area contributed by atoms with Gasteiger partial charge in [-0.25, -0.2) is 4.39 Å². The number of aliphatic imine (C=N–C) groups is 1. The maximum atomic E-state index is 13.5. The normalized spacial score (nSPS) is 11.1. The number of rotatable bonds is 3. The van der Waals surface area contributed by atoms with Crippen molar-refractivity contribution in [3.63, 3.8) is 0 Å². The van der Waals surface area contributed by atoms with Crippen LogP contribution in [0.2, 0.25) is 0 Å². The lowest BCUT2D eigenvalue weighted by Crippen LogP contribution is -1.97. The van der Waals surface area contributed by atoms with E-state index < -0.39 is 0 Å². The molecule has 0 saturated heterocycles. The van der Waals surface area contributed by atoms with E-state index in [1.807, 2.05) is 53.2 Å². The molecule has 0 saturated carbocycles. The van der Waals surface area contributed by atoms with Crippen LogP contribution < -0.4 is 0 Å². The molecule has 3 heteroatoms. The highest BCUT2D eigenvalue weighted by atomic mass is 19.1. The highest BCUT2D eigenvalue weighted by molar-refractivity contribution is 5.81. The predicted octanol–water partition coefficient (Wildman–Crippen LogP) is 4.37. The van der Waals surface area contributed by atoms with Gasteiger partial charge in [0.25, 0.3) is 0 Å². The molecule has 3 aromatic rings. The molecule has 1 heterocycles. The largest absolute Gasteiger partial charge is 0.316 e. The van der Waals surface area contributed by atoms with E-state index in [1.54, 1.807) is 24.4 Å². The third kappa shape index (κ3) is 2.52. The Hall–Kier alpha value is -2.68. The molecule has 98 valence electrons. The van der Waals surface area contributed by atoms with E-state index >= 15 is 0 Å². The zero-order chi connectivity index (χ0) is 13.8. The van der Waals surface area contributed by atoms with Crippen LogP contribution in [0.3, 0.4) is 0 Å². The van der Waals surface area contributed by atoms with Crippen LogP contribution in [0.15, 0.2) is 77.9 Å². The first-order valence-corrected chi connectivity index (χ1v) is 6.36. The summed E-state index contributed by atoms with van der Waals surface area (Å²) in [6.45, 7) is 0. The van der Waals surface area contributed by atoms with Crippen molar-refractivity contribution < 1.29 is 4.39 Å². The van der Waals surface area contributed by atoms with E-state index in [4.69, 9.17) is 0 Å².